The van der Waals surface area contributed by atoms with Gasteiger partial charge in [-0.05, 0) is 48.0 Å². The SMILES string of the molecule is O=C(NCc1ccncc1)c1nnn(-c2ccc(Br)cc2)c1CSc1ncccn1. The number of aromatic nitrogens is 6. The van der Waals surface area contributed by atoms with Crippen LogP contribution in [0.1, 0.15) is 21.7 Å². The van der Waals surface area contributed by atoms with Gasteiger partial charge in [0.2, 0.25) is 0 Å². The van der Waals surface area contributed by atoms with Crippen molar-refractivity contribution < 1.29 is 4.79 Å². The van der Waals surface area contributed by atoms with Gasteiger partial charge < -0.3 is 5.32 Å². The van der Waals surface area contributed by atoms with Crippen molar-refractivity contribution in [2.45, 2.75) is 17.5 Å². The molecule has 0 radical (unpaired) electrons. The van der Waals surface area contributed by atoms with Crippen molar-refractivity contribution in [2.24, 2.45) is 0 Å². The number of carbonyl (C=O) groups is 1. The van der Waals surface area contributed by atoms with E-state index in [1.807, 2.05) is 36.4 Å². The van der Waals surface area contributed by atoms with Crippen molar-refractivity contribution in [3.8, 4) is 5.69 Å². The minimum Gasteiger partial charge on any atom is -0.347 e. The molecule has 4 rings (SSSR count). The second-order valence-corrected chi connectivity index (χ2v) is 7.99. The summed E-state index contributed by atoms with van der Waals surface area (Å²) in [6.45, 7) is 0.376. The van der Waals surface area contributed by atoms with E-state index in [1.165, 1.54) is 11.8 Å². The topological polar surface area (TPSA) is 98.5 Å². The first kappa shape index (κ1) is 20.2. The Labute approximate surface area is 185 Å². The van der Waals surface area contributed by atoms with Crippen molar-refractivity contribution in [3.63, 3.8) is 0 Å². The maximum absolute atomic E-state index is 12.9. The lowest BCUT2D eigenvalue weighted by Crippen LogP contribution is -2.24. The van der Waals surface area contributed by atoms with Gasteiger partial charge in [0.1, 0.15) is 0 Å². The number of nitrogens with zero attached hydrogens (tertiary/aromatic N) is 6. The molecule has 0 saturated heterocycles. The Balaban J connectivity index is 1.60. The van der Waals surface area contributed by atoms with Crippen molar-refractivity contribution >= 4 is 33.6 Å². The molecule has 0 aliphatic carbocycles. The van der Waals surface area contributed by atoms with E-state index in [2.05, 4.69) is 46.5 Å². The van der Waals surface area contributed by atoms with Crippen LogP contribution in [-0.2, 0) is 12.3 Å². The van der Waals surface area contributed by atoms with Gasteiger partial charge in [0.05, 0.1) is 11.4 Å². The van der Waals surface area contributed by atoms with Crippen molar-refractivity contribution in [1.29, 1.82) is 0 Å². The summed E-state index contributed by atoms with van der Waals surface area (Å²) in [5.41, 5.74) is 2.70. The summed E-state index contributed by atoms with van der Waals surface area (Å²) in [4.78, 5) is 25.3. The first-order valence-electron chi connectivity index (χ1n) is 8.98. The summed E-state index contributed by atoms with van der Waals surface area (Å²) in [6.07, 6.45) is 6.74. The van der Waals surface area contributed by atoms with Gasteiger partial charge in [0.15, 0.2) is 10.9 Å². The van der Waals surface area contributed by atoms with Gasteiger partial charge in [-0.15, -0.1) is 5.10 Å². The lowest BCUT2D eigenvalue weighted by atomic mass is 10.2. The number of hydrogen-bond acceptors (Lipinski definition) is 7. The molecule has 0 saturated carbocycles. The average Bonchev–Trinajstić information content (AvgIpc) is 3.22. The summed E-state index contributed by atoms with van der Waals surface area (Å²) in [5.74, 6) is 0.144. The molecule has 1 aromatic carbocycles. The average molecular weight is 482 g/mol. The molecule has 30 heavy (non-hydrogen) atoms. The molecule has 0 spiro atoms. The zero-order chi connectivity index (χ0) is 20.8. The number of benzene rings is 1. The van der Waals surface area contributed by atoms with Gasteiger partial charge in [-0.1, -0.05) is 32.9 Å². The van der Waals surface area contributed by atoms with Crippen LogP contribution in [0.15, 0.2) is 76.9 Å². The zero-order valence-corrected chi connectivity index (χ0v) is 18.0. The molecular weight excluding hydrogens is 466 g/mol. The minimum absolute atomic E-state index is 0.274. The Kier molecular flexibility index (Phi) is 6.45. The van der Waals surface area contributed by atoms with E-state index in [9.17, 15) is 4.79 Å². The first-order valence-corrected chi connectivity index (χ1v) is 10.8. The van der Waals surface area contributed by atoms with Gasteiger partial charge in [0.25, 0.3) is 5.91 Å². The highest BCUT2D eigenvalue weighted by atomic mass is 79.9. The van der Waals surface area contributed by atoms with Crippen molar-refractivity contribution in [1.82, 2.24) is 35.3 Å². The smallest absolute Gasteiger partial charge is 0.274 e. The number of amides is 1. The quantitative estimate of drug-likeness (QED) is 0.318. The molecule has 8 nitrogen and oxygen atoms in total. The van der Waals surface area contributed by atoms with Gasteiger partial charge in [-0.3, -0.25) is 9.78 Å². The van der Waals surface area contributed by atoms with Gasteiger partial charge in [-0.2, -0.15) is 0 Å². The number of halogens is 1. The Bertz CT molecular complexity index is 1120. The predicted molar refractivity (Wildman–Crippen MR) is 116 cm³/mol. The molecule has 0 unspecified atom stereocenters. The molecule has 3 aromatic heterocycles. The summed E-state index contributed by atoms with van der Waals surface area (Å²) in [5, 5.41) is 11.9. The fourth-order valence-corrected chi connectivity index (χ4v) is 3.72. The summed E-state index contributed by atoms with van der Waals surface area (Å²) >= 11 is 4.85. The minimum atomic E-state index is -0.292. The molecule has 10 heteroatoms. The van der Waals surface area contributed by atoms with Crippen LogP contribution in [-0.4, -0.2) is 35.9 Å². The van der Waals surface area contributed by atoms with Crippen LogP contribution < -0.4 is 5.32 Å². The van der Waals surface area contributed by atoms with Crippen LogP contribution in [0.25, 0.3) is 5.69 Å². The van der Waals surface area contributed by atoms with E-state index in [0.29, 0.717) is 23.1 Å². The van der Waals surface area contributed by atoms with E-state index in [4.69, 9.17) is 0 Å². The van der Waals surface area contributed by atoms with E-state index in [1.54, 1.807) is 35.5 Å². The molecule has 0 aliphatic rings. The van der Waals surface area contributed by atoms with Crippen LogP contribution in [0.2, 0.25) is 0 Å². The van der Waals surface area contributed by atoms with E-state index < -0.39 is 0 Å². The maximum atomic E-state index is 12.9. The largest absolute Gasteiger partial charge is 0.347 e. The number of nitrogens with one attached hydrogen (secondary N) is 1. The zero-order valence-electron chi connectivity index (χ0n) is 15.6. The highest BCUT2D eigenvalue weighted by Gasteiger charge is 2.21. The highest BCUT2D eigenvalue weighted by Crippen LogP contribution is 2.23. The summed E-state index contributed by atoms with van der Waals surface area (Å²) in [6, 6.07) is 13.1. The van der Waals surface area contributed by atoms with Gasteiger partial charge in [-0.25, -0.2) is 14.6 Å². The Morgan fingerprint density at radius 2 is 1.77 bits per heavy atom. The van der Waals surface area contributed by atoms with E-state index in [0.717, 1.165) is 15.7 Å². The summed E-state index contributed by atoms with van der Waals surface area (Å²) < 4.78 is 2.62. The molecule has 0 aliphatic heterocycles. The predicted octanol–water partition coefficient (Wildman–Crippen LogP) is 3.44. The molecule has 3 heterocycles. The van der Waals surface area contributed by atoms with E-state index >= 15 is 0 Å². The summed E-state index contributed by atoms with van der Waals surface area (Å²) in [7, 11) is 0. The van der Waals surface area contributed by atoms with Crippen LogP contribution in [0.4, 0.5) is 0 Å². The number of carbonyl (C=O) groups excluding carboxylic acids is 1. The number of hydrogen-bond donors (Lipinski definition) is 1. The molecule has 0 fully saturated rings. The van der Waals surface area contributed by atoms with Crippen LogP contribution in [0, 0.1) is 0 Å². The Hall–Kier alpha value is -3.11. The molecule has 0 bridgehead atoms. The number of pyridine rings is 1. The fourth-order valence-electron chi connectivity index (χ4n) is 2.66. The second kappa shape index (κ2) is 9.59. The molecule has 4 aromatic rings. The number of thioether (sulfide) groups is 1. The third-order valence-electron chi connectivity index (χ3n) is 4.13. The highest BCUT2D eigenvalue weighted by molar-refractivity contribution is 9.10. The molecule has 1 amide bonds. The second-order valence-electron chi connectivity index (χ2n) is 6.13. The lowest BCUT2D eigenvalue weighted by Gasteiger charge is -2.08. The third-order valence-corrected chi connectivity index (χ3v) is 5.55. The van der Waals surface area contributed by atoms with Crippen LogP contribution >= 0.6 is 27.7 Å². The first-order chi connectivity index (χ1) is 14.7. The van der Waals surface area contributed by atoms with Crippen molar-refractivity contribution in [3.05, 3.63) is 88.7 Å². The fraction of sp³-hybridized carbons (Fsp3) is 0.100. The molecule has 150 valence electrons. The normalized spacial score (nSPS) is 10.7. The van der Waals surface area contributed by atoms with E-state index in [-0.39, 0.29) is 11.6 Å². The van der Waals surface area contributed by atoms with Crippen molar-refractivity contribution in [2.75, 3.05) is 0 Å². The van der Waals surface area contributed by atoms with Crippen LogP contribution in [0.3, 0.4) is 0 Å². The Morgan fingerprint density at radius 1 is 1.03 bits per heavy atom. The van der Waals surface area contributed by atoms with Gasteiger partial charge >= 0.3 is 0 Å². The molecule has 1 N–H and O–H groups in total. The Morgan fingerprint density at radius 3 is 2.50 bits per heavy atom. The monoisotopic (exact) mass is 481 g/mol. The standard InChI is InChI=1S/C20H16BrN7OS/c21-15-2-4-16(5-3-15)28-17(13-30-20-23-8-1-9-24-20)18(26-27-28)19(29)25-12-14-6-10-22-11-7-14/h1-11H,12-13H2,(H,25,29). The third kappa shape index (κ3) is 4.89. The molecular formula is C20H16BrN7OS. The lowest BCUT2D eigenvalue weighted by molar-refractivity contribution is 0.0945. The maximum Gasteiger partial charge on any atom is 0.274 e. The van der Waals surface area contributed by atoms with Crippen LogP contribution in [0.5, 0.6) is 0 Å². The van der Waals surface area contributed by atoms with Gasteiger partial charge in [0, 0.05) is 41.6 Å². The molecule has 0 atom stereocenters. The number of rotatable bonds is 7.